The molecule has 0 spiro atoms. The van der Waals surface area contributed by atoms with E-state index in [1.165, 1.54) is 4.90 Å². The first-order valence-corrected chi connectivity index (χ1v) is 7.81. The lowest BCUT2D eigenvalue weighted by atomic mass is 9.79. The lowest BCUT2D eigenvalue weighted by Crippen LogP contribution is -2.56. The molecule has 1 aromatic rings. The standard InChI is InChI=1S/C17H17N3O4/c1-17(8-18)6-11-16(22)19(2)7-14(21)20(11)15(17)10-3-4-12-13(5-10)24-9-23-12/h3-5,11,15H,6-7,9H2,1-2H3/t11?,15?,17-/m1/s1. The molecule has 3 atom stereocenters. The van der Waals surface area contributed by atoms with Crippen LogP contribution in [0, 0.1) is 16.7 Å². The van der Waals surface area contributed by atoms with Crippen LogP contribution in [0.5, 0.6) is 11.5 Å². The number of ether oxygens (including phenoxy) is 2. The molecule has 0 N–H and O–H groups in total. The number of likely N-dealkylation sites (N-methyl/N-ethyl adjacent to an activating group) is 1. The van der Waals surface area contributed by atoms with Crippen LogP contribution in [0.3, 0.4) is 0 Å². The zero-order valence-corrected chi connectivity index (χ0v) is 13.5. The lowest BCUT2D eigenvalue weighted by Gasteiger charge is -2.38. The van der Waals surface area contributed by atoms with E-state index in [0.29, 0.717) is 17.9 Å². The zero-order valence-electron chi connectivity index (χ0n) is 13.5. The van der Waals surface area contributed by atoms with Crippen LogP contribution >= 0.6 is 0 Å². The van der Waals surface area contributed by atoms with Crippen molar-refractivity contribution in [2.45, 2.75) is 25.4 Å². The first-order valence-electron chi connectivity index (χ1n) is 7.81. The van der Waals surface area contributed by atoms with Crippen LogP contribution in [0.1, 0.15) is 24.9 Å². The smallest absolute Gasteiger partial charge is 0.245 e. The quantitative estimate of drug-likeness (QED) is 0.770. The van der Waals surface area contributed by atoms with Crippen molar-refractivity contribution in [2.75, 3.05) is 20.4 Å². The number of fused-ring (bicyclic) bond motifs is 2. The fourth-order valence-corrected chi connectivity index (χ4v) is 3.96. The van der Waals surface area contributed by atoms with Gasteiger partial charge in [0.1, 0.15) is 6.04 Å². The summed E-state index contributed by atoms with van der Waals surface area (Å²) in [6, 6.07) is 6.69. The summed E-state index contributed by atoms with van der Waals surface area (Å²) in [6.45, 7) is 2.01. The van der Waals surface area contributed by atoms with Crippen molar-refractivity contribution in [1.82, 2.24) is 9.80 Å². The average Bonchev–Trinajstić information content (AvgIpc) is 3.14. The van der Waals surface area contributed by atoms with Crippen LogP contribution in [0.4, 0.5) is 0 Å². The summed E-state index contributed by atoms with van der Waals surface area (Å²) in [4.78, 5) is 28.1. The molecule has 0 radical (unpaired) electrons. The molecule has 0 bridgehead atoms. The molecule has 7 nitrogen and oxygen atoms in total. The third kappa shape index (κ3) is 1.89. The fraction of sp³-hybridized carbons (Fsp3) is 0.471. The van der Waals surface area contributed by atoms with Gasteiger partial charge in [-0.25, -0.2) is 0 Å². The SMILES string of the molecule is CN1CC(=O)N2C(C[C@](C)(C#N)C2c2ccc3c(c2)OCO3)C1=O. The van der Waals surface area contributed by atoms with Crippen LogP contribution in [0.2, 0.25) is 0 Å². The highest BCUT2D eigenvalue weighted by molar-refractivity contribution is 5.96. The van der Waals surface area contributed by atoms with Crippen molar-refractivity contribution in [3.63, 3.8) is 0 Å². The van der Waals surface area contributed by atoms with Crippen molar-refractivity contribution < 1.29 is 19.1 Å². The Kier molecular flexibility index (Phi) is 3.01. The van der Waals surface area contributed by atoms with E-state index in [4.69, 9.17) is 9.47 Å². The maximum absolute atomic E-state index is 12.6. The van der Waals surface area contributed by atoms with Crippen LogP contribution < -0.4 is 9.47 Å². The molecule has 2 saturated heterocycles. The molecule has 0 aromatic heterocycles. The molecule has 0 aliphatic carbocycles. The maximum atomic E-state index is 12.6. The van der Waals surface area contributed by atoms with Gasteiger partial charge in [-0.2, -0.15) is 5.26 Å². The molecule has 3 aliphatic heterocycles. The van der Waals surface area contributed by atoms with E-state index in [9.17, 15) is 14.9 Å². The second kappa shape index (κ2) is 4.87. The predicted octanol–water partition coefficient (Wildman–Crippen LogP) is 1.06. The largest absolute Gasteiger partial charge is 0.454 e. The Morgan fingerprint density at radius 2 is 2.04 bits per heavy atom. The summed E-state index contributed by atoms with van der Waals surface area (Å²) in [5.41, 5.74) is -0.0500. The average molecular weight is 327 g/mol. The van der Waals surface area contributed by atoms with Gasteiger partial charge >= 0.3 is 0 Å². The number of hydrogen-bond donors (Lipinski definition) is 0. The van der Waals surface area contributed by atoms with E-state index in [1.54, 1.807) is 31.0 Å². The molecule has 1 aromatic carbocycles. The van der Waals surface area contributed by atoms with Crippen molar-refractivity contribution in [2.24, 2.45) is 5.41 Å². The van der Waals surface area contributed by atoms with Gasteiger partial charge < -0.3 is 19.3 Å². The highest BCUT2D eigenvalue weighted by Gasteiger charge is 2.57. The van der Waals surface area contributed by atoms with Gasteiger partial charge in [0.15, 0.2) is 11.5 Å². The topological polar surface area (TPSA) is 82.9 Å². The Labute approximate surface area is 139 Å². The number of nitriles is 1. The first kappa shape index (κ1) is 14.8. The second-order valence-corrected chi connectivity index (χ2v) is 6.76. The lowest BCUT2D eigenvalue weighted by molar-refractivity contribution is -0.154. The van der Waals surface area contributed by atoms with E-state index in [-0.39, 0.29) is 25.2 Å². The van der Waals surface area contributed by atoms with Crippen LogP contribution in [0.25, 0.3) is 0 Å². The number of amides is 2. The molecule has 4 rings (SSSR count). The van der Waals surface area contributed by atoms with Gasteiger partial charge in [-0.15, -0.1) is 0 Å². The number of benzene rings is 1. The van der Waals surface area contributed by atoms with Gasteiger partial charge in [0.25, 0.3) is 0 Å². The van der Waals surface area contributed by atoms with Gasteiger partial charge in [0.05, 0.1) is 24.1 Å². The van der Waals surface area contributed by atoms with Gasteiger partial charge in [0, 0.05) is 7.05 Å². The highest BCUT2D eigenvalue weighted by atomic mass is 16.7. The Morgan fingerprint density at radius 3 is 2.79 bits per heavy atom. The molecule has 124 valence electrons. The van der Waals surface area contributed by atoms with E-state index >= 15 is 0 Å². The number of carbonyl (C=O) groups excluding carboxylic acids is 2. The van der Waals surface area contributed by atoms with Crippen molar-refractivity contribution >= 4 is 11.8 Å². The Balaban J connectivity index is 1.81. The number of carbonyl (C=O) groups is 2. The molecule has 7 heteroatoms. The number of nitrogens with zero attached hydrogens (tertiary/aromatic N) is 3. The van der Waals surface area contributed by atoms with Gasteiger partial charge in [-0.05, 0) is 31.0 Å². The summed E-state index contributed by atoms with van der Waals surface area (Å²) >= 11 is 0. The van der Waals surface area contributed by atoms with Crippen LogP contribution in [0.15, 0.2) is 18.2 Å². The molecule has 3 aliphatic rings. The summed E-state index contributed by atoms with van der Waals surface area (Å²) in [6.07, 6.45) is 0.331. The van der Waals surface area contributed by atoms with Crippen molar-refractivity contribution in [1.29, 1.82) is 5.26 Å². The molecule has 2 amide bonds. The highest BCUT2D eigenvalue weighted by Crippen LogP contribution is 2.52. The summed E-state index contributed by atoms with van der Waals surface area (Å²) in [5.74, 6) is 1.000. The number of hydrogen-bond acceptors (Lipinski definition) is 5. The number of piperazine rings is 1. The second-order valence-electron chi connectivity index (χ2n) is 6.76. The van der Waals surface area contributed by atoms with E-state index in [1.807, 2.05) is 6.07 Å². The Morgan fingerprint density at radius 1 is 1.29 bits per heavy atom. The number of rotatable bonds is 1. The van der Waals surface area contributed by atoms with Gasteiger partial charge in [-0.1, -0.05) is 6.07 Å². The van der Waals surface area contributed by atoms with E-state index < -0.39 is 17.5 Å². The monoisotopic (exact) mass is 327 g/mol. The Hall–Kier alpha value is -2.75. The summed E-state index contributed by atoms with van der Waals surface area (Å²) < 4.78 is 10.7. The third-order valence-corrected chi connectivity index (χ3v) is 5.12. The molecule has 2 fully saturated rings. The van der Waals surface area contributed by atoms with Gasteiger partial charge in [-0.3, -0.25) is 9.59 Å². The van der Waals surface area contributed by atoms with Gasteiger partial charge in [0.2, 0.25) is 18.6 Å². The predicted molar refractivity (Wildman–Crippen MR) is 81.9 cm³/mol. The molecular weight excluding hydrogens is 310 g/mol. The zero-order chi connectivity index (χ0) is 17.1. The molecule has 0 saturated carbocycles. The maximum Gasteiger partial charge on any atom is 0.245 e. The minimum atomic E-state index is -0.838. The van der Waals surface area contributed by atoms with E-state index in [0.717, 1.165) is 5.56 Å². The van der Waals surface area contributed by atoms with Crippen LogP contribution in [-0.4, -0.2) is 48.0 Å². The molecule has 2 unspecified atom stereocenters. The molecular formula is C17H17N3O4. The van der Waals surface area contributed by atoms with Crippen LogP contribution in [-0.2, 0) is 9.59 Å². The van der Waals surface area contributed by atoms with Crippen molar-refractivity contribution in [3.05, 3.63) is 23.8 Å². The fourth-order valence-electron chi connectivity index (χ4n) is 3.96. The Bertz CT molecular complexity index is 787. The minimum Gasteiger partial charge on any atom is -0.454 e. The molecule has 24 heavy (non-hydrogen) atoms. The minimum absolute atomic E-state index is 0.0396. The third-order valence-electron chi connectivity index (χ3n) is 5.12. The van der Waals surface area contributed by atoms with Crippen molar-refractivity contribution in [3.8, 4) is 17.6 Å². The summed E-state index contributed by atoms with van der Waals surface area (Å²) in [5, 5.41) is 9.77. The molecule has 3 heterocycles. The first-order chi connectivity index (χ1) is 11.4. The summed E-state index contributed by atoms with van der Waals surface area (Å²) in [7, 11) is 1.62. The van der Waals surface area contributed by atoms with E-state index in [2.05, 4.69) is 6.07 Å². The normalized spacial score (nSPS) is 31.2.